The van der Waals surface area contributed by atoms with E-state index in [4.69, 9.17) is 0 Å². The summed E-state index contributed by atoms with van der Waals surface area (Å²) in [7, 11) is 0. The van der Waals surface area contributed by atoms with Crippen LogP contribution in [-0.2, 0) is 0 Å². The first-order chi connectivity index (χ1) is 8.25. The zero-order valence-corrected chi connectivity index (χ0v) is 9.22. The van der Waals surface area contributed by atoms with Crippen molar-refractivity contribution in [3.63, 3.8) is 0 Å². The number of aromatic nitrogens is 2. The molecular weight excluding hydrogens is 222 g/mol. The zero-order chi connectivity index (χ0) is 11.8. The molecule has 2 saturated heterocycles. The Morgan fingerprint density at radius 2 is 2.24 bits per heavy atom. The molecule has 1 unspecified atom stereocenters. The summed E-state index contributed by atoms with van der Waals surface area (Å²) >= 11 is 0. The van der Waals surface area contributed by atoms with Crippen LogP contribution in [0.4, 0.5) is 10.6 Å². The maximum Gasteiger partial charge on any atom is 0.317 e. The number of anilines is 1. The summed E-state index contributed by atoms with van der Waals surface area (Å²) in [6.45, 7) is 2.56. The smallest absolute Gasteiger partial charge is 0.317 e. The van der Waals surface area contributed by atoms with Crippen molar-refractivity contribution in [3.05, 3.63) is 22.7 Å². The number of nitrogens with one attached hydrogen (secondary N) is 2. The maximum absolute atomic E-state index is 11.6. The van der Waals surface area contributed by atoms with Crippen LogP contribution in [0.15, 0.2) is 17.2 Å². The normalized spacial score (nSPS) is 23.5. The maximum atomic E-state index is 11.6. The topological polar surface area (TPSA) is 81.3 Å². The van der Waals surface area contributed by atoms with Crippen LogP contribution < -0.4 is 15.8 Å². The van der Waals surface area contributed by atoms with E-state index in [0.717, 1.165) is 0 Å². The first-order valence-electron chi connectivity index (χ1n) is 5.59. The van der Waals surface area contributed by atoms with Crippen molar-refractivity contribution in [1.29, 1.82) is 0 Å². The Morgan fingerprint density at radius 3 is 3.06 bits per heavy atom. The fraction of sp³-hybridized carbons (Fsp3) is 0.500. The molecule has 0 saturated carbocycles. The van der Waals surface area contributed by atoms with Crippen molar-refractivity contribution < 1.29 is 4.79 Å². The van der Waals surface area contributed by atoms with Crippen LogP contribution >= 0.6 is 0 Å². The highest BCUT2D eigenvalue weighted by atomic mass is 16.2. The third-order valence-electron chi connectivity index (χ3n) is 3.22. The van der Waals surface area contributed by atoms with Crippen LogP contribution in [0, 0.1) is 0 Å². The average Bonchev–Trinajstić information content (AvgIpc) is 2.71. The second-order valence-corrected chi connectivity index (χ2v) is 4.22. The average molecular weight is 235 g/mol. The molecule has 0 radical (unpaired) electrons. The summed E-state index contributed by atoms with van der Waals surface area (Å²) in [6, 6.07) is 0.127. The number of rotatable bonds is 1. The minimum atomic E-state index is -0.182. The van der Waals surface area contributed by atoms with Crippen LogP contribution in [0.1, 0.15) is 0 Å². The molecule has 7 heteroatoms. The van der Waals surface area contributed by atoms with Gasteiger partial charge in [-0.1, -0.05) is 0 Å². The molecule has 2 aliphatic heterocycles. The third-order valence-corrected chi connectivity index (χ3v) is 3.22. The van der Waals surface area contributed by atoms with Gasteiger partial charge >= 0.3 is 6.03 Å². The van der Waals surface area contributed by atoms with Crippen LogP contribution in [0.5, 0.6) is 0 Å². The molecule has 1 aromatic rings. The van der Waals surface area contributed by atoms with Crippen molar-refractivity contribution in [2.24, 2.45) is 0 Å². The Balaban J connectivity index is 1.82. The highest BCUT2D eigenvalue weighted by molar-refractivity contribution is 5.77. The van der Waals surface area contributed by atoms with E-state index in [-0.39, 0.29) is 17.6 Å². The van der Waals surface area contributed by atoms with Gasteiger partial charge in [0.05, 0.1) is 6.04 Å². The second kappa shape index (κ2) is 3.76. The summed E-state index contributed by atoms with van der Waals surface area (Å²) in [5, 5.41) is 2.80. The Labute approximate surface area is 97.4 Å². The summed E-state index contributed by atoms with van der Waals surface area (Å²) in [4.78, 5) is 33.5. The Morgan fingerprint density at radius 1 is 1.35 bits per heavy atom. The number of H-pyrrole nitrogens is 1. The molecule has 2 amide bonds. The number of hydrogen-bond acceptors (Lipinski definition) is 4. The second-order valence-electron chi connectivity index (χ2n) is 4.22. The van der Waals surface area contributed by atoms with E-state index in [2.05, 4.69) is 15.3 Å². The molecule has 0 spiro atoms. The summed E-state index contributed by atoms with van der Waals surface area (Å²) in [5.74, 6) is 0.437. The first-order valence-corrected chi connectivity index (χ1v) is 5.59. The standard InChI is InChI=1S/C10H13N5O2/c16-9-8(11-1-2-12-9)14-3-4-15-7(6-14)5-13-10(15)17/h1-2,7H,3-6H2,(H,12,16)(H,13,17). The predicted octanol–water partition coefficient (Wildman–Crippen LogP) is -1.02. The highest BCUT2D eigenvalue weighted by Gasteiger charge is 2.36. The molecule has 3 heterocycles. The number of fused-ring (bicyclic) bond motifs is 1. The molecule has 3 rings (SSSR count). The fourth-order valence-corrected chi connectivity index (χ4v) is 2.37. The lowest BCUT2D eigenvalue weighted by Gasteiger charge is -2.36. The van der Waals surface area contributed by atoms with Crippen molar-refractivity contribution in [3.8, 4) is 0 Å². The summed E-state index contributed by atoms with van der Waals surface area (Å²) in [5.41, 5.74) is -0.182. The fourth-order valence-electron chi connectivity index (χ4n) is 2.37. The predicted molar refractivity (Wildman–Crippen MR) is 61.0 cm³/mol. The van der Waals surface area contributed by atoms with Gasteiger partial charge in [-0.15, -0.1) is 0 Å². The molecule has 90 valence electrons. The number of amides is 2. The summed E-state index contributed by atoms with van der Waals surface area (Å²) < 4.78 is 0. The highest BCUT2D eigenvalue weighted by Crippen LogP contribution is 2.16. The molecule has 7 nitrogen and oxygen atoms in total. The number of carbonyl (C=O) groups is 1. The number of aromatic amines is 1. The lowest BCUT2D eigenvalue weighted by atomic mass is 10.2. The first kappa shape index (κ1) is 10.1. The molecule has 2 aliphatic rings. The molecule has 2 N–H and O–H groups in total. The molecule has 0 bridgehead atoms. The van der Waals surface area contributed by atoms with Crippen molar-refractivity contribution in [2.45, 2.75) is 6.04 Å². The lowest BCUT2D eigenvalue weighted by molar-refractivity contribution is 0.197. The van der Waals surface area contributed by atoms with Gasteiger partial charge in [0.25, 0.3) is 5.56 Å². The van der Waals surface area contributed by atoms with Crippen LogP contribution in [0.3, 0.4) is 0 Å². The Kier molecular flexibility index (Phi) is 2.24. The molecule has 1 atom stereocenters. The van der Waals surface area contributed by atoms with E-state index in [9.17, 15) is 9.59 Å². The van der Waals surface area contributed by atoms with Gasteiger partial charge in [0.2, 0.25) is 0 Å². The number of nitrogens with zero attached hydrogens (tertiary/aromatic N) is 3. The van der Waals surface area contributed by atoms with Crippen molar-refractivity contribution in [2.75, 3.05) is 31.1 Å². The third kappa shape index (κ3) is 1.63. The van der Waals surface area contributed by atoms with E-state index in [1.807, 2.05) is 9.80 Å². The molecule has 17 heavy (non-hydrogen) atoms. The van der Waals surface area contributed by atoms with E-state index in [0.29, 0.717) is 32.0 Å². The monoisotopic (exact) mass is 235 g/mol. The van der Waals surface area contributed by atoms with Crippen LogP contribution in [-0.4, -0.2) is 53.1 Å². The van der Waals surface area contributed by atoms with Gasteiger partial charge in [0, 0.05) is 38.6 Å². The van der Waals surface area contributed by atoms with Gasteiger partial charge < -0.3 is 20.1 Å². The van der Waals surface area contributed by atoms with Crippen molar-refractivity contribution in [1.82, 2.24) is 20.2 Å². The van der Waals surface area contributed by atoms with Gasteiger partial charge in [-0.2, -0.15) is 0 Å². The number of piperazine rings is 1. The molecule has 1 aromatic heterocycles. The quantitative estimate of drug-likeness (QED) is 0.653. The van der Waals surface area contributed by atoms with E-state index >= 15 is 0 Å². The number of hydrogen-bond donors (Lipinski definition) is 2. The molecule has 2 fully saturated rings. The van der Waals surface area contributed by atoms with E-state index in [1.165, 1.54) is 6.20 Å². The van der Waals surface area contributed by atoms with E-state index < -0.39 is 0 Å². The SMILES string of the molecule is O=C1NCC2CN(c3ncc[nH]c3=O)CCN12. The lowest BCUT2D eigenvalue weighted by Crippen LogP contribution is -2.53. The molecule has 0 aliphatic carbocycles. The number of urea groups is 1. The van der Waals surface area contributed by atoms with Gasteiger partial charge in [0.15, 0.2) is 5.82 Å². The largest absolute Gasteiger partial charge is 0.348 e. The van der Waals surface area contributed by atoms with Crippen molar-refractivity contribution >= 4 is 11.8 Å². The van der Waals surface area contributed by atoms with E-state index in [1.54, 1.807) is 6.20 Å². The molecule has 0 aromatic carbocycles. The summed E-state index contributed by atoms with van der Waals surface area (Å²) in [6.07, 6.45) is 3.09. The number of carbonyl (C=O) groups excluding carboxylic acids is 1. The molecular formula is C10H13N5O2. The zero-order valence-electron chi connectivity index (χ0n) is 9.22. The van der Waals surface area contributed by atoms with Crippen LogP contribution in [0.25, 0.3) is 0 Å². The van der Waals surface area contributed by atoms with Gasteiger partial charge in [-0.3, -0.25) is 4.79 Å². The Bertz CT molecular complexity index is 499. The van der Waals surface area contributed by atoms with Gasteiger partial charge in [-0.25, -0.2) is 9.78 Å². The minimum absolute atomic E-state index is 0.00965. The van der Waals surface area contributed by atoms with Gasteiger partial charge in [-0.05, 0) is 0 Å². The van der Waals surface area contributed by atoms with Gasteiger partial charge in [0.1, 0.15) is 0 Å². The van der Waals surface area contributed by atoms with Crippen LogP contribution in [0.2, 0.25) is 0 Å². The minimum Gasteiger partial charge on any atom is -0.348 e. The Hall–Kier alpha value is -2.05.